The number of terminal acetylenes is 1. The Morgan fingerprint density at radius 2 is 2.21 bits per heavy atom. The fourth-order valence-corrected chi connectivity index (χ4v) is 4.65. The normalized spacial score (nSPS) is 17.7. The van der Waals surface area contributed by atoms with Gasteiger partial charge < -0.3 is 9.47 Å². The first-order chi connectivity index (χ1) is 15.8. The number of ether oxygens (including phenoxy) is 2. The van der Waals surface area contributed by atoms with E-state index in [0.717, 1.165) is 41.3 Å². The number of hydrogen-bond donors (Lipinski definition) is 1. The van der Waals surface area contributed by atoms with Crippen LogP contribution in [0.5, 0.6) is 5.88 Å². The quantitative estimate of drug-likeness (QED) is 0.394. The summed E-state index contributed by atoms with van der Waals surface area (Å²) in [5.74, 6) is 2.96. The Labute approximate surface area is 193 Å². The molecule has 4 rings (SSSR count). The summed E-state index contributed by atoms with van der Waals surface area (Å²) in [6.07, 6.45) is 10.9. The van der Waals surface area contributed by atoms with Crippen LogP contribution in [0.15, 0.2) is 24.4 Å². The molecule has 0 amide bonds. The van der Waals surface area contributed by atoms with Gasteiger partial charge in [0.15, 0.2) is 6.23 Å². The van der Waals surface area contributed by atoms with E-state index in [-0.39, 0.29) is 18.1 Å². The van der Waals surface area contributed by atoms with Crippen molar-refractivity contribution in [3.05, 3.63) is 30.1 Å². The van der Waals surface area contributed by atoms with E-state index < -0.39 is 10.1 Å². The topological polar surface area (TPSA) is 108 Å². The summed E-state index contributed by atoms with van der Waals surface area (Å²) in [5.41, 5.74) is 3.16. The maximum absolute atomic E-state index is 11.0. The zero-order chi connectivity index (χ0) is 23.6. The fraction of sp³-hybridized carbons (Fsp3) is 0.478. The molecule has 1 aliphatic heterocycles. The molecule has 33 heavy (non-hydrogen) atoms. The highest BCUT2D eigenvalue weighted by atomic mass is 32.2. The van der Waals surface area contributed by atoms with Crippen molar-refractivity contribution < 1.29 is 22.4 Å². The van der Waals surface area contributed by atoms with Gasteiger partial charge >= 0.3 is 0 Å². The van der Waals surface area contributed by atoms with Gasteiger partial charge in [0.1, 0.15) is 5.69 Å². The van der Waals surface area contributed by atoms with E-state index in [1.165, 1.54) is 0 Å². The minimum absolute atomic E-state index is 0.116. The molecule has 0 radical (unpaired) electrons. The van der Waals surface area contributed by atoms with Gasteiger partial charge in [-0.2, -0.15) is 18.6 Å². The third kappa shape index (κ3) is 5.21. The molecule has 2 atom stereocenters. The molecule has 9 nitrogen and oxygen atoms in total. The van der Waals surface area contributed by atoms with Crippen molar-refractivity contribution in [1.82, 2.24) is 19.6 Å². The van der Waals surface area contributed by atoms with E-state index in [9.17, 15) is 8.42 Å². The van der Waals surface area contributed by atoms with Crippen LogP contribution in [0.4, 0.5) is 0 Å². The molecule has 1 saturated heterocycles. The van der Waals surface area contributed by atoms with Crippen molar-refractivity contribution in [2.75, 3.05) is 12.4 Å². The Kier molecular flexibility index (Phi) is 6.74. The number of rotatable bonds is 8. The first-order valence-corrected chi connectivity index (χ1v) is 12.6. The molecule has 3 heterocycles. The summed E-state index contributed by atoms with van der Waals surface area (Å²) in [7, 11) is -2.20. The molecule has 1 unspecified atom stereocenters. The maximum Gasteiger partial charge on any atom is 0.264 e. The zero-order valence-corrected chi connectivity index (χ0v) is 19.6. The van der Waals surface area contributed by atoms with E-state index in [2.05, 4.69) is 16.1 Å². The van der Waals surface area contributed by atoms with Gasteiger partial charge in [-0.25, -0.2) is 9.36 Å². The lowest BCUT2D eigenvalue weighted by atomic mass is 10.1. The zero-order valence-electron chi connectivity index (χ0n) is 18.8. The third-order valence-corrected chi connectivity index (χ3v) is 6.60. The summed E-state index contributed by atoms with van der Waals surface area (Å²) >= 11 is 0. The molecule has 1 aromatic carbocycles. The van der Waals surface area contributed by atoms with Gasteiger partial charge in [-0.3, -0.25) is 4.55 Å². The Morgan fingerprint density at radius 3 is 2.91 bits per heavy atom. The molecule has 3 aromatic rings. The predicted molar refractivity (Wildman–Crippen MR) is 124 cm³/mol. The summed E-state index contributed by atoms with van der Waals surface area (Å²) in [4.78, 5) is 0. The third-order valence-electron chi connectivity index (χ3n) is 5.79. The maximum atomic E-state index is 11.0. The van der Waals surface area contributed by atoms with Gasteiger partial charge in [-0.05, 0) is 62.6 Å². The van der Waals surface area contributed by atoms with Crippen molar-refractivity contribution >= 4 is 21.0 Å². The van der Waals surface area contributed by atoms with Crippen LogP contribution in [0, 0.1) is 12.3 Å². The lowest BCUT2D eigenvalue weighted by Crippen LogP contribution is -2.19. The Morgan fingerprint density at radius 1 is 1.39 bits per heavy atom. The van der Waals surface area contributed by atoms with E-state index in [1.54, 1.807) is 17.9 Å². The highest BCUT2D eigenvalue weighted by Crippen LogP contribution is 2.35. The second-order valence-electron chi connectivity index (χ2n) is 8.33. The highest BCUT2D eigenvalue weighted by molar-refractivity contribution is 7.85. The van der Waals surface area contributed by atoms with Gasteiger partial charge in [-0.1, -0.05) is 6.07 Å². The van der Waals surface area contributed by atoms with Gasteiger partial charge in [0.25, 0.3) is 10.1 Å². The lowest BCUT2D eigenvalue weighted by molar-refractivity contribution is -0.0367. The largest absolute Gasteiger partial charge is 0.474 e. The van der Waals surface area contributed by atoms with Crippen LogP contribution >= 0.6 is 0 Å². The average molecular weight is 473 g/mol. The number of aromatic nitrogens is 4. The van der Waals surface area contributed by atoms with Crippen molar-refractivity contribution in [3.63, 3.8) is 0 Å². The van der Waals surface area contributed by atoms with Crippen LogP contribution in [0.3, 0.4) is 0 Å². The van der Waals surface area contributed by atoms with Crippen molar-refractivity contribution in [3.8, 4) is 29.4 Å². The summed E-state index contributed by atoms with van der Waals surface area (Å²) in [5, 5.41) is 9.83. The average Bonchev–Trinajstić information content (AvgIpc) is 3.33. The molecule has 1 aliphatic rings. The Bertz CT molecular complexity index is 1280. The molecule has 0 saturated carbocycles. The van der Waals surface area contributed by atoms with Gasteiger partial charge in [0, 0.05) is 19.0 Å². The van der Waals surface area contributed by atoms with Crippen LogP contribution in [0.1, 0.15) is 50.9 Å². The molecule has 1 fully saturated rings. The monoisotopic (exact) mass is 472 g/mol. The number of benzene rings is 1. The first-order valence-electron chi connectivity index (χ1n) is 11.0. The minimum atomic E-state index is -3.98. The van der Waals surface area contributed by atoms with Gasteiger partial charge in [-0.15, -0.1) is 6.42 Å². The highest BCUT2D eigenvalue weighted by Gasteiger charge is 2.22. The number of nitrogens with zero attached hydrogens (tertiary/aromatic N) is 4. The molecular weight excluding hydrogens is 444 g/mol. The molecule has 10 heteroatoms. The second kappa shape index (κ2) is 9.55. The van der Waals surface area contributed by atoms with Crippen LogP contribution < -0.4 is 4.74 Å². The number of hydrogen-bond acceptors (Lipinski definition) is 6. The molecule has 0 bridgehead atoms. The van der Waals surface area contributed by atoms with Crippen molar-refractivity contribution in [2.45, 2.75) is 51.4 Å². The molecule has 0 spiro atoms. The Hall–Kier alpha value is -2.87. The minimum Gasteiger partial charge on any atom is -0.474 e. The number of fused-ring (bicyclic) bond motifs is 1. The molecule has 176 valence electrons. The van der Waals surface area contributed by atoms with E-state index in [4.69, 9.17) is 20.4 Å². The molecule has 1 N–H and O–H groups in total. The Balaban J connectivity index is 1.61. The standard InChI is InChI=1S/C23H28N4O5S/c1-4-20-18-14-17(10-11-21(18)27(25-20)22-9-5-6-12-31-22)19-15-24-26(3)23(19)32-16(2)8-7-13-33(28,29)30/h1,10-11,14-16,22H,5-9,12-13H2,2-3H3,(H,28,29,30)/t16-,22?/m0/s1. The molecule has 0 aliphatic carbocycles. The summed E-state index contributed by atoms with van der Waals surface area (Å²) < 4.78 is 46.4. The van der Waals surface area contributed by atoms with E-state index >= 15 is 0 Å². The molecular formula is C23H28N4O5S. The second-order valence-corrected chi connectivity index (χ2v) is 9.91. The van der Waals surface area contributed by atoms with Gasteiger partial charge in [0.05, 0.1) is 29.1 Å². The summed E-state index contributed by atoms with van der Waals surface area (Å²) in [6.45, 7) is 2.57. The van der Waals surface area contributed by atoms with E-state index in [0.29, 0.717) is 31.0 Å². The molecule has 2 aromatic heterocycles. The SMILES string of the molecule is C#Cc1nn(C2CCCCO2)c2ccc(-c3cnn(C)c3O[C@@H](C)CCCS(=O)(=O)O)cc12. The first kappa shape index (κ1) is 23.3. The van der Waals surface area contributed by atoms with E-state index in [1.807, 2.05) is 29.8 Å². The fourth-order valence-electron chi connectivity index (χ4n) is 4.12. The van der Waals surface area contributed by atoms with Crippen LogP contribution in [0.25, 0.3) is 22.0 Å². The smallest absolute Gasteiger partial charge is 0.264 e. The van der Waals surface area contributed by atoms with Crippen molar-refractivity contribution in [2.24, 2.45) is 7.05 Å². The van der Waals surface area contributed by atoms with Crippen LogP contribution in [-0.2, 0) is 21.9 Å². The predicted octanol–water partition coefficient (Wildman–Crippen LogP) is 3.55. The van der Waals surface area contributed by atoms with Crippen molar-refractivity contribution in [1.29, 1.82) is 0 Å². The lowest BCUT2D eigenvalue weighted by Gasteiger charge is -2.23. The number of aryl methyl sites for hydroxylation is 1. The van der Waals surface area contributed by atoms with Gasteiger partial charge in [0.2, 0.25) is 5.88 Å². The summed E-state index contributed by atoms with van der Waals surface area (Å²) in [6, 6.07) is 5.96. The van der Waals surface area contributed by atoms with Crippen LogP contribution in [0.2, 0.25) is 0 Å². The van der Waals surface area contributed by atoms with Crippen LogP contribution in [-0.4, -0.2) is 51.0 Å².